The van der Waals surface area contributed by atoms with Gasteiger partial charge in [-0.05, 0) is 36.6 Å². The highest BCUT2D eigenvalue weighted by molar-refractivity contribution is 14.0. The quantitative estimate of drug-likeness (QED) is 0.290. The van der Waals surface area contributed by atoms with Gasteiger partial charge < -0.3 is 15.2 Å². The summed E-state index contributed by atoms with van der Waals surface area (Å²) in [6, 6.07) is 10.3. The minimum absolute atomic E-state index is 0. The fourth-order valence-electron chi connectivity index (χ4n) is 3.07. The van der Waals surface area contributed by atoms with Crippen molar-refractivity contribution in [2.75, 3.05) is 7.05 Å². The molecule has 8 heteroatoms. The first kappa shape index (κ1) is 22.9. The second-order valence-corrected chi connectivity index (χ2v) is 7.23. The lowest BCUT2D eigenvalue weighted by Gasteiger charge is -2.19. The number of hydrogen-bond donors (Lipinski definition) is 2. The minimum Gasteiger partial charge on any atom is -0.350 e. The van der Waals surface area contributed by atoms with Gasteiger partial charge in [-0.2, -0.15) is 5.10 Å². The molecular formula is C21H30IN7. The van der Waals surface area contributed by atoms with E-state index in [1.54, 1.807) is 13.2 Å². The third kappa shape index (κ3) is 6.31. The van der Waals surface area contributed by atoms with Crippen molar-refractivity contribution in [3.05, 3.63) is 66.5 Å². The summed E-state index contributed by atoms with van der Waals surface area (Å²) in [6.45, 7) is 8.11. The van der Waals surface area contributed by atoms with Crippen molar-refractivity contribution in [1.82, 2.24) is 30.0 Å². The molecule has 0 spiro atoms. The first-order valence-electron chi connectivity index (χ1n) is 9.64. The SMILES string of the molecule is CN=C(NCc1nccn1CC(C)C)NC(C)c1cccc(-n2cccn2)c1.I. The largest absolute Gasteiger partial charge is 0.350 e. The van der Waals surface area contributed by atoms with E-state index in [0.29, 0.717) is 12.5 Å². The van der Waals surface area contributed by atoms with Crippen LogP contribution in [0.2, 0.25) is 0 Å². The lowest BCUT2D eigenvalue weighted by atomic mass is 10.1. The van der Waals surface area contributed by atoms with Crippen LogP contribution in [0.25, 0.3) is 5.69 Å². The first-order valence-corrected chi connectivity index (χ1v) is 9.64. The zero-order valence-electron chi connectivity index (χ0n) is 17.4. The van der Waals surface area contributed by atoms with Gasteiger partial charge >= 0.3 is 0 Å². The third-order valence-corrected chi connectivity index (χ3v) is 4.49. The fourth-order valence-corrected chi connectivity index (χ4v) is 3.07. The number of nitrogens with zero attached hydrogens (tertiary/aromatic N) is 5. The van der Waals surface area contributed by atoms with Gasteiger partial charge in [-0.25, -0.2) is 9.67 Å². The molecule has 156 valence electrons. The van der Waals surface area contributed by atoms with Crippen LogP contribution >= 0.6 is 24.0 Å². The highest BCUT2D eigenvalue weighted by atomic mass is 127. The molecule has 0 aliphatic heterocycles. The molecule has 1 atom stereocenters. The van der Waals surface area contributed by atoms with E-state index in [-0.39, 0.29) is 30.0 Å². The summed E-state index contributed by atoms with van der Waals surface area (Å²) in [5, 5.41) is 11.1. The molecule has 1 unspecified atom stereocenters. The van der Waals surface area contributed by atoms with E-state index in [2.05, 4.69) is 63.2 Å². The Kier molecular flexibility index (Phi) is 8.69. The number of imidazole rings is 1. The summed E-state index contributed by atoms with van der Waals surface area (Å²) < 4.78 is 4.04. The maximum absolute atomic E-state index is 4.46. The van der Waals surface area contributed by atoms with Crippen LogP contribution in [-0.2, 0) is 13.1 Å². The van der Waals surface area contributed by atoms with Crippen LogP contribution in [0.4, 0.5) is 0 Å². The van der Waals surface area contributed by atoms with E-state index in [0.717, 1.165) is 29.6 Å². The maximum atomic E-state index is 4.46. The molecule has 0 bridgehead atoms. The molecule has 0 aliphatic rings. The average molecular weight is 507 g/mol. The molecule has 2 heterocycles. The fraction of sp³-hybridized carbons (Fsp3) is 0.381. The van der Waals surface area contributed by atoms with Crippen molar-refractivity contribution >= 4 is 29.9 Å². The van der Waals surface area contributed by atoms with Crippen molar-refractivity contribution in [3.8, 4) is 5.69 Å². The summed E-state index contributed by atoms with van der Waals surface area (Å²) >= 11 is 0. The molecule has 3 aromatic rings. The van der Waals surface area contributed by atoms with Gasteiger partial charge in [-0.15, -0.1) is 24.0 Å². The molecule has 0 saturated heterocycles. The van der Waals surface area contributed by atoms with Crippen LogP contribution in [0.1, 0.15) is 38.2 Å². The zero-order valence-corrected chi connectivity index (χ0v) is 19.7. The molecule has 0 amide bonds. The highest BCUT2D eigenvalue weighted by Crippen LogP contribution is 2.16. The molecule has 0 saturated carbocycles. The predicted molar refractivity (Wildman–Crippen MR) is 128 cm³/mol. The average Bonchev–Trinajstić information content (AvgIpc) is 3.37. The molecule has 2 aromatic heterocycles. The van der Waals surface area contributed by atoms with Gasteiger partial charge in [-0.1, -0.05) is 26.0 Å². The number of halogens is 1. The van der Waals surface area contributed by atoms with Gasteiger partial charge in [-0.3, -0.25) is 4.99 Å². The lowest BCUT2D eigenvalue weighted by molar-refractivity contribution is 0.503. The Bertz CT molecular complexity index is 899. The van der Waals surface area contributed by atoms with Crippen molar-refractivity contribution in [2.45, 2.75) is 39.9 Å². The molecule has 0 radical (unpaired) electrons. The van der Waals surface area contributed by atoms with Gasteiger partial charge in [0.05, 0.1) is 18.3 Å². The van der Waals surface area contributed by atoms with Crippen LogP contribution in [0, 0.1) is 5.92 Å². The van der Waals surface area contributed by atoms with Gasteiger partial charge in [0.2, 0.25) is 0 Å². The monoisotopic (exact) mass is 507 g/mol. The molecule has 7 nitrogen and oxygen atoms in total. The second-order valence-electron chi connectivity index (χ2n) is 7.23. The zero-order chi connectivity index (χ0) is 19.9. The molecule has 29 heavy (non-hydrogen) atoms. The molecule has 0 fully saturated rings. The normalized spacial score (nSPS) is 12.5. The van der Waals surface area contributed by atoms with Crippen LogP contribution < -0.4 is 10.6 Å². The predicted octanol–water partition coefficient (Wildman–Crippen LogP) is 3.77. The van der Waals surface area contributed by atoms with Crippen molar-refractivity contribution in [3.63, 3.8) is 0 Å². The van der Waals surface area contributed by atoms with Gasteiger partial charge in [0.1, 0.15) is 5.82 Å². The van der Waals surface area contributed by atoms with Crippen molar-refractivity contribution in [2.24, 2.45) is 10.9 Å². The molecule has 2 N–H and O–H groups in total. The standard InChI is InChI=1S/C21H29N7.HI/c1-16(2)15-27-12-10-23-20(27)14-24-21(22-4)26-17(3)18-7-5-8-19(13-18)28-11-6-9-25-28;/h5-13,16-17H,14-15H2,1-4H3,(H2,22,24,26);1H. The van der Waals surface area contributed by atoms with Crippen molar-refractivity contribution < 1.29 is 0 Å². The minimum atomic E-state index is 0. The van der Waals surface area contributed by atoms with Gasteiger partial charge in [0, 0.05) is 38.4 Å². The number of nitrogens with one attached hydrogen (secondary N) is 2. The number of rotatable bonds is 7. The Morgan fingerprint density at radius 2 is 1.97 bits per heavy atom. The van der Waals surface area contributed by atoms with E-state index < -0.39 is 0 Å². The number of aliphatic imine (C=N–C) groups is 1. The Hall–Kier alpha value is -2.36. The third-order valence-electron chi connectivity index (χ3n) is 4.49. The number of hydrogen-bond acceptors (Lipinski definition) is 3. The number of guanidine groups is 1. The van der Waals surface area contributed by atoms with Crippen LogP contribution in [0.3, 0.4) is 0 Å². The first-order chi connectivity index (χ1) is 13.6. The summed E-state index contributed by atoms with van der Waals surface area (Å²) in [4.78, 5) is 8.82. The Labute approximate surface area is 189 Å². The van der Waals surface area contributed by atoms with E-state index in [9.17, 15) is 0 Å². The summed E-state index contributed by atoms with van der Waals surface area (Å²) in [5.41, 5.74) is 2.20. The molecular weight excluding hydrogens is 477 g/mol. The van der Waals surface area contributed by atoms with Crippen LogP contribution in [0.15, 0.2) is 60.1 Å². The number of aromatic nitrogens is 4. The maximum Gasteiger partial charge on any atom is 0.191 e. The smallest absolute Gasteiger partial charge is 0.191 e. The van der Waals surface area contributed by atoms with E-state index in [1.807, 2.05) is 41.5 Å². The van der Waals surface area contributed by atoms with Crippen molar-refractivity contribution in [1.29, 1.82) is 0 Å². The Balaban J connectivity index is 0.00000300. The van der Waals surface area contributed by atoms with E-state index in [4.69, 9.17) is 0 Å². The Morgan fingerprint density at radius 3 is 2.66 bits per heavy atom. The Morgan fingerprint density at radius 1 is 1.14 bits per heavy atom. The topological polar surface area (TPSA) is 72.1 Å². The number of benzene rings is 1. The molecule has 0 aliphatic carbocycles. The lowest BCUT2D eigenvalue weighted by Crippen LogP contribution is -2.38. The summed E-state index contributed by atoms with van der Waals surface area (Å²) in [5.74, 6) is 2.33. The summed E-state index contributed by atoms with van der Waals surface area (Å²) in [6.07, 6.45) is 7.59. The summed E-state index contributed by atoms with van der Waals surface area (Å²) in [7, 11) is 1.78. The highest BCUT2D eigenvalue weighted by Gasteiger charge is 2.11. The van der Waals surface area contributed by atoms with E-state index >= 15 is 0 Å². The van der Waals surface area contributed by atoms with Gasteiger partial charge in [0.25, 0.3) is 0 Å². The van der Waals surface area contributed by atoms with E-state index in [1.165, 1.54) is 0 Å². The second kappa shape index (κ2) is 11.0. The van der Waals surface area contributed by atoms with Gasteiger partial charge in [0.15, 0.2) is 5.96 Å². The van der Waals surface area contributed by atoms with Crippen LogP contribution in [-0.4, -0.2) is 32.3 Å². The van der Waals surface area contributed by atoms with Crippen LogP contribution in [0.5, 0.6) is 0 Å². The molecule has 1 aromatic carbocycles. The molecule has 3 rings (SSSR count).